The van der Waals surface area contributed by atoms with Gasteiger partial charge in [0.2, 0.25) is 5.95 Å². The van der Waals surface area contributed by atoms with Crippen LogP contribution >= 0.6 is 0 Å². The lowest BCUT2D eigenvalue weighted by atomic mass is 10.1. The quantitative estimate of drug-likeness (QED) is 0.553. The van der Waals surface area contributed by atoms with E-state index in [1.165, 1.54) is 6.33 Å². The maximum Gasteiger partial charge on any atom is 0.326 e. The van der Waals surface area contributed by atoms with Crippen molar-refractivity contribution in [3.8, 4) is 0 Å². The summed E-state index contributed by atoms with van der Waals surface area (Å²) in [5.74, 6) is -0.622. The highest BCUT2D eigenvalue weighted by molar-refractivity contribution is 5.86. The average molecular weight is 298 g/mol. The molecule has 2 heterocycles. The van der Waals surface area contributed by atoms with E-state index in [4.69, 9.17) is 5.73 Å². The van der Waals surface area contributed by atoms with Crippen LogP contribution in [0.1, 0.15) is 5.56 Å². The van der Waals surface area contributed by atoms with E-state index in [-0.39, 0.29) is 5.95 Å². The molecule has 0 aliphatic carbocycles. The van der Waals surface area contributed by atoms with E-state index in [0.29, 0.717) is 23.4 Å². The fraction of sp³-hybridized carbons (Fsp3) is 0.143. The Labute approximate surface area is 125 Å². The number of hydrogen-bond acceptors (Lipinski definition) is 6. The molecule has 112 valence electrons. The van der Waals surface area contributed by atoms with E-state index < -0.39 is 12.0 Å². The number of imidazole rings is 1. The van der Waals surface area contributed by atoms with Gasteiger partial charge < -0.3 is 21.1 Å². The number of hydrogen-bond donors (Lipinski definition) is 4. The molecule has 1 aromatic carbocycles. The molecule has 0 saturated heterocycles. The van der Waals surface area contributed by atoms with Crippen LogP contribution in [0.15, 0.2) is 36.7 Å². The minimum Gasteiger partial charge on any atom is -0.480 e. The van der Waals surface area contributed by atoms with Gasteiger partial charge in [-0.3, -0.25) is 0 Å². The predicted octanol–water partition coefficient (Wildman–Crippen LogP) is 1.04. The van der Waals surface area contributed by atoms with Gasteiger partial charge in [-0.1, -0.05) is 30.3 Å². The Kier molecular flexibility index (Phi) is 3.57. The minimum absolute atomic E-state index is 0.0333. The smallest absolute Gasteiger partial charge is 0.326 e. The van der Waals surface area contributed by atoms with E-state index in [1.54, 1.807) is 0 Å². The number of nitrogen functional groups attached to an aromatic ring is 1. The second-order valence-electron chi connectivity index (χ2n) is 4.76. The molecule has 3 aromatic rings. The maximum absolute atomic E-state index is 11.5. The van der Waals surface area contributed by atoms with Crippen LogP contribution < -0.4 is 11.1 Å². The zero-order valence-electron chi connectivity index (χ0n) is 11.5. The summed E-state index contributed by atoms with van der Waals surface area (Å²) in [7, 11) is 0. The monoisotopic (exact) mass is 298 g/mol. The number of carbonyl (C=O) groups is 1. The molecular formula is C14H14N6O2. The molecule has 0 aliphatic rings. The Morgan fingerprint density at radius 3 is 2.82 bits per heavy atom. The summed E-state index contributed by atoms with van der Waals surface area (Å²) >= 11 is 0. The minimum atomic E-state index is -0.978. The number of fused-ring (bicyclic) bond motifs is 1. The summed E-state index contributed by atoms with van der Waals surface area (Å²) in [4.78, 5) is 26.4. The Hall–Kier alpha value is -3.16. The number of aliphatic carboxylic acids is 1. The first kappa shape index (κ1) is 13.8. The van der Waals surface area contributed by atoms with Crippen LogP contribution in [0.3, 0.4) is 0 Å². The molecule has 8 nitrogen and oxygen atoms in total. The first-order valence-corrected chi connectivity index (χ1v) is 6.63. The Morgan fingerprint density at radius 1 is 1.32 bits per heavy atom. The summed E-state index contributed by atoms with van der Waals surface area (Å²) in [6.07, 6.45) is 1.77. The average Bonchev–Trinajstić information content (AvgIpc) is 2.95. The molecule has 0 amide bonds. The zero-order valence-corrected chi connectivity index (χ0v) is 11.5. The number of nitrogens with two attached hydrogens (primary N) is 1. The van der Waals surface area contributed by atoms with Crippen molar-refractivity contribution >= 4 is 28.9 Å². The second-order valence-corrected chi connectivity index (χ2v) is 4.76. The van der Waals surface area contributed by atoms with Gasteiger partial charge in [0.1, 0.15) is 11.6 Å². The number of nitrogens with zero attached hydrogens (tertiary/aromatic N) is 3. The largest absolute Gasteiger partial charge is 0.480 e. The number of carboxylic acid groups (broad SMARTS) is 1. The molecule has 0 spiro atoms. The van der Waals surface area contributed by atoms with E-state index in [2.05, 4.69) is 25.3 Å². The highest BCUT2D eigenvalue weighted by Gasteiger charge is 2.20. The molecule has 22 heavy (non-hydrogen) atoms. The van der Waals surface area contributed by atoms with Crippen molar-refractivity contribution in [2.45, 2.75) is 12.5 Å². The topological polar surface area (TPSA) is 130 Å². The lowest BCUT2D eigenvalue weighted by Crippen LogP contribution is -2.32. The van der Waals surface area contributed by atoms with Gasteiger partial charge in [0, 0.05) is 6.42 Å². The number of anilines is 2. The van der Waals surface area contributed by atoms with Gasteiger partial charge in [-0.15, -0.1) is 0 Å². The number of benzene rings is 1. The molecule has 0 unspecified atom stereocenters. The number of aromatic amines is 1. The Morgan fingerprint density at radius 2 is 2.09 bits per heavy atom. The number of aromatic nitrogens is 4. The van der Waals surface area contributed by atoms with Crippen molar-refractivity contribution in [3.05, 3.63) is 42.2 Å². The van der Waals surface area contributed by atoms with Crippen LogP contribution in [0.2, 0.25) is 0 Å². The van der Waals surface area contributed by atoms with Gasteiger partial charge >= 0.3 is 5.97 Å². The molecule has 5 N–H and O–H groups in total. The number of H-pyrrole nitrogens is 1. The molecule has 0 bridgehead atoms. The molecule has 0 aliphatic heterocycles. The molecular weight excluding hydrogens is 284 g/mol. The van der Waals surface area contributed by atoms with Gasteiger partial charge in [-0.2, -0.15) is 9.97 Å². The van der Waals surface area contributed by atoms with Crippen molar-refractivity contribution in [1.29, 1.82) is 0 Å². The molecule has 1 atom stereocenters. The van der Waals surface area contributed by atoms with Crippen LogP contribution in [0.25, 0.3) is 11.2 Å². The van der Waals surface area contributed by atoms with Gasteiger partial charge in [0.25, 0.3) is 0 Å². The lowest BCUT2D eigenvalue weighted by molar-refractivity contribution is -0.137. The van der Waals surface area contributed by atoms with Gasteiger partial charge in [0.15, 0.2) is 11.5 Å². The van der Waals surface area contributed by atoms with Crippen molar-refractivity contribution < 1.29 is 9.90 Å². The standard InChI is InChI=1S/C14H14N6O2/c15-14-19-11-10(16-7-17-11)12(20-14)18-9(13(21)22)6-8-4-2-1-3-5-8/h1-5,7,9H,6H2,(H,21,22)(H4,15,16,17,18,19,20)/t9-/m1/s1. The molecule has 8 heteroatoms. The van der Waals surface area contributed by atoms with Crippen molar-refractivity contribution in [1.82, 2.24) is 19.9 Å². The summed E-state index contributed by atoms with van der Waals surface area (Å²) in [5.41, 5.74) is 7.44. The summed E-state index contributed by atoms with van der Waals surface area (Å²) in [6, 6.07) is 8.51. The number of carboxylic acids is 1. The summed E-state index contributed by atoms with van der Waals surface area (Å²) < 4.78 is 0. The lowest BCUT2D eigenvalue weighted by Gasteiger charge is -2.15. The fourth-order valence-corrected chi connectivity index (χ4v) is 2.17. The van der Waals surface area contributed by atoms with Crippen LogP contribution in [-0.2, 0) is 11.2 Å². The first-order chi connectivity index (χ1) is 10.6. The van der Waals surface area contributed by atoms with E-state index >= 15 is 0 Å². The first-order valence-electron chi connectivity index (χ1n) is 6.63. The van der Waals surface area contributed by atoms with Crippen molar-refractivity contribution in [2.24, 2.45) is 0 Å². The zero-order chi connectivity index (χ0) is 15.5. The third-order valence-electron chi connectivity index (χ3n) is 3.19. The third-order valence-corrected chi connectivity index (χ3v) is 3.19. The predicted molar refractivity (Wildman–Crippen MR) is 81.3 cm³/mol. The maximum atomic E-state index is 11.5. The molecule has 2 aromatic heterocycles. The number of nitrogens with one attached hydrogen (secondary N) is 2. The molecule has 0 radical (unpaired) electrons. The van der Waals surface area contributed by atoms with Gasteiger partial charge in [-0.05, 0) is 5.56 Å². The van der Waals surface area contributed by atoms with Crippen molar-refractivity contribution in [2.75, 3.05) is 11.1 Å². The third kappa shape index (κ3) is 2.80. The normalized spacial score (nSPS) is 12.2. The number of rotatable bonds is 5. The fourth-order valence-electron chi connectivity index (χ4n) is 2.17. The highest BCUT2D eigenvalue weighted by Crippen LogP contribution is 2.19. The molecule has 0 fully saturated rings. The van der Waals surface area contributed by atoms with Gasteiger partial charge in [-0.25, -0.2) is 9.78 Å². The van der Waals surface area contributed by atoms with Gasteiger partial charge in [0.05, 0.1) is 6.33 Å². The van der Waals surface area contributed by atoms with E-state index in [9.17, 15) is 9.90 Å². The van der Waals surface area contributed by atoms with E-state index in [0.717, 1.165) is 5.56 Å². The van der Waals surface area contributed by atoms with Crippen LogP contribution in [0, 0.1) is 0 Å². The Bertz CT molecular complexity index is 801. The molecule has 3 rings (SSSR count). The van der Waals surface area contributed by atoms with Crippen LogP contribution in [0.4, 0.5) is 11.8 Å². The highest BCUT2D eigenvalue weighted by atomic mass is 16.4. The molecule has 0 saturated carbocycles. The summed E-state index contributed by atoms with van der Waals surface area (Å²) in [5, 5.41) is 12.3. The van der Waals surface area contributed by atoms with Crippen LogP contribution in [0.5, 0.6) is 0 Å². The summed E-state index contributed by atoms with van der Waals surface area (Å²) in [6.45, 7) is 0. The van der Waals surface area contributed by atoms with E-state index in [1.807, 2.05) is 30.3 Å². The Balaban J connectivity index is 1.90. The van der Waals surface area contributed by atoms with Crippen molar-refractivity contribution in [3.63, 3.8) is 0 Å². The van der Waals surface area contributed by atoms with Crippen LogP contribution in [-0.4, -0.2) is 37.1 Å². The second kappa shape index (κ2) is 5.68. The SMILES string of the molecule is Nc1nc(N[C@H](Cc2ccccc2)C(=O)O)c2[nH]cnc2n1.